The number of nitrogens with two attached hydrogens (primary N) is 2. The Kier molecular flexibility index (Phi) is 36.1. The molecule has 15 heteroatoms. The highest BCUT2D eigenvalue weighted by atomic mass is 127. The molecule has 0 saturated carbocycles. The number of Topliss-reactive ketones (excluding diaryl/α,β-unsaturated/α-hetero) is 1. The van der Waals surface area contributed by atoms with Gasteiger partial charge in [-0.2, -0.15) is 0 Å². The van der Waals surface area contributed by atoms with E-state index in [1.807, 2.05) is 22.6 Å². The first-order chi connectivity index (χ1) is 21.7. The Morgan fingerprint density at radius 3 is 1.33 bits per heavy atom. The molecule has 0 aliphatic rings. The average Bonchev–Trinajstić information content (AvgIpc) is 2.95. The van der Waals surface area contributed by atoms with E-state index in [2.05, 4.69) is 52.4 Å². The molecular weight excluding hydrogens is 768 g/mol. The fourth-order valence-electron chi connectivity index (χ4n) is 4.81. The number of rotatable bonds is 24. The Morgan fingerprint density at radius 2 is 1.02 bits per heavy atom. The van der Waals surface area contributed by atoms with Crippen molar-refractivity contribution in [2.75, 3.05) is 51.5 Å². The number of carbonyl (C=O) groups is 2. The minimum absolute atomic E-state index is 0.125. The van der Waals surface area contributed by atoms with Gasteiger partial charge in [0.25, 0.3) is 0 Å². The average molecular weight is 844 g/mol. The van der Waals surface area contributed by atoms with E-state index in [1.165, 1.54) is 12.1 Å². The van der Waals surface area contributed by atoms with Crippen LogP contribution in [0.1, 0.15) is 59.7 Å². The van der Waals surface area contributed by atoms with Crippen LogP contribution in [0.15, 0.2) is 0 Å². The van der Waals surface area contributed by atoms with Crippen LogP contribution in [0.3, 0.4) is 0 Å². The summed E-state index contributed by atoms with van der Waals surface area (Å²) < 4.78 is 29.1. The maximum atomic E-state index is 11.6. The van der Waals surface area contributed by atoms with Gasteiger partial charge in [0.2, 0.25) is 0 Å². The van der Waals surface area contributed by atoms with Gasteiger partial charge in [-0.15, -0.1) is 0 Å². The molecule has 6 N–H and O–H groups in total. The standard InChI is InChI=1S/C18H38O5Si2.C10H28N2OSi2.C2H6O2.CH3I/c1-17(19)11-7-9-15-24(3,4)23-25(5,6)16-10-8-12-18(20)22-14-13-21-2;1-14(2,9-5-7-11)13-15(3,4)10-6-8-12;3-1-2-4;1-2/h7-16H2,1-6H3;5-12H2,1-4H3;3-4H,1-2H2;1H3/i;;;1D. The van der Waals surface area contributed by atoms with Gasteiger partial charge in [0, 0.05) is 21.3 Å². The summed E-state index contributed by atoms with van der Waals surface area (Å²) in [5.74, 6) is 0.133. The molecule has 10 nitrogen and oxygen atoms in total. The van der Waals surface area contributed by atoms with E-state index in [0.717, 1.165) is 63.7 Å². The summed E-state index contributed by atoms with van der Waals surface area (Å²) >= 11 is 1.96. The van der Waals surface area contributed by atoms with Crippen molar-refractivity contribution in [2.45, 2.75) is 135 Å². The molecule has 0 heterocycles. The first-order valence-corrected chi connectivity index (χ1v) is 30.7. The fourth-order valence-corrected chi connectivity index (χ4v) is 22.7. The van der Waals surface area contributed by atoms with Gasteiger partial charge in [0.1, 0.15) is 12.4 Å². The van der Waals surface area contributed by atoms with E-state index in [9.17, 15) is 9.59 Å². The number of carbonyl (C=O) groups excluding carboxylic acids is 2. The summed E-state index contributed by atoms with van der Waals surface area (Å²) in [6.45, 7) is 22.1. The van der Waals surface area contributed by atoms with Gasteiger partial charge < -0.3 is 44.2 Å². The molecule has 0 aromatic rings. The zero-order valence-electron chi connectivity index (χ0n) is 32.3. The van der Waals surface area contributed by atoms with Crippen LogP contribution in [0.2, 0.25) is 76.6 Å². The van der Waals surface area contributed by atoms with Crippen LogP contribution in [-0.2, 0) is 27.3 Å². The minimum Gasteiger partial charge on any atom is -0.463 e. The van der Waals surface area contributed by atoms with Crippen LogP contribution < -0.4 is 11.5 Å². The lowest BCUT2D eigenvalue weighted by Gasteiger charge is -2.34. The van der Waals surface area contributed by atoms with Crippen molar-refractivity contribution in [3.63, 3.8) is 0 Å². The molecule has 0 aromatic heterocycles. The molecule has 0 amide bonds. The molecule has 0 atom stereocenters. The predicted molar refractivity (Wildman–Crippen MR) is 214 cm³/mol. The van der Waals surface area contributed by atoms with E-state index in [0.29, 0.717) is 31.0 Å². The summed E-state index contributed by atoms with van der Waals surface area (Å²) in [7, 11) is -4.72. The van der Waals surface area contributed by atoms with Gasteiger partial charge in [-0.05, 0) is 127 Å². The maximum absolute atomic E-state index is 11.6. The second-order valence-corrected chi connectivity index (χ2v) is 31.5. The third kappa shape index (κ3) is 42.5. The lowest BCUT2D eigenvalue weighted by Crippen LogP contribution is -2.44. The summed E-state index contributed by atoms with van der Waals surface area (Å²) in [6.07, 6.45) is 7.27. The van der Waals surface area contributed by atoms with Gasteiger partial charge in [-0.1, -0.05) is 35.4 Å². The second-order valence-electron chi connectivity index (χ2n) is 13.8. The lowest BCUT2D eigenvalue weighted by atomic mass is 10.2. The molecule has 0 aliphatic heterocycles. The summed E-state index contributed by atoms with van der Waals surface area (Å²) in [6, 6.07) is 4.55. The van der Waals surface area contributed by atoms with Crippen molar-refractivity contribution in [3.05, 3.63) is 0 Å². The topological polar surface area (TPSA) is 164 Å². The fraction of sp³-hybridized carbons (Fsp3) is 0.935. The summed E-state index contributed by atoms with van der Waals surface area (Å²) in [5, 5.41) is 15.2. The van der Waals surface area contributed by atoms with Crippen molar-refractivity contribution in [2.24, 2.45) is 11.5 Å². The van der Waals surface area contributed by atoms with E-state index in [4.69, 9.17) is 40.8 Å². The zero-order chi connectivity index (χ0) is 37.4. The van der Waals surface area contributed by atoms with Crippen molar-refractivity contribution >= 4 is 67.6 Å². The van der Waals surface area contributed by atoms with Crippen molar-refractivity contribution < 1.29 is 38.9 Å². The number of esters is 1. The Balaban J connectivity index is -0.000000353. The van der Waals surface area contributed by atoms with Crippen molar-refractivity contribution in [1.29, 1.82) is 0 Å². The van der Waals surface area contributed by atoms with Crippen LogP contribution in [0.25, 0.3) is 0 Å². The minimum atomic E-state index is -1.70. The molecule has 0 aromatic carbocycles. The largest absolute Gasteiger partial charge is 0.463 e. The quantitative estimate of drug-likeness (QED) is 0.0272. The Bertz CT molecular complexity index is 724. The number of methoxy groups -OCH3 is 1. The lowest BCUT2D eigenvalue weighted by molar-refractivity contribution is -0.145. The van der Waals surface area contributed by atoms with Gasteiger partial charge in [0.15, 0.2) is 33.3 Å². The zero-order valence-corrected chi connectivity index (χ0v) is 37.5. The number of halogens is 1. The Labute approximate surface area is 302 Å². The van der Waals surface area contributed by atoms with Crippen LogP contribution in [0.5, 0.6) is 0 Å². The number of unbranched alkanes of at least 4 members (excludes halogenated alkanes) is 2. The number of alkyl halides is 1. The van der Waals surface area contributed by atoms with Crippen LogP contribution in [0.4, 0.5) is 0 Å². The van der Waals surface area contributed by atoms with Gasteiger partial charge in [-0.25, -0.2) is 0 Å². The Hall–Kier alpha value is 0.458. The third-order valence-electron chi connectivity index (χ3n) is 6.69. The summed E-state index contributed by atoms with van der Waals surface area (Å²) in [5.41, 5.74) is 11.1. The van der Waals surface area contributed by atoms with E-state index >= 15 is 0 Å². The number of ether oxygens (including phenoxy) is 2. The molecular formula is C31H75IN2O8Si4. The van der Waals surface area contributed by atoms with Gasteiger partial charge in [0.05, 0.1) is 19.8 Å². The SMILES string of the molecule is COCCOC(=O)CCCC[Si](C)(C)O[Si](C)(C)CCCCC(C)=O.C[Si](C)(CCCN)O[Si](C)(C)CCCN.OCCO.[2H]CI. The molecule has 0 spiro atoms. The van der Waals surface area contributed by atoms with E-state index in [1.54, 1.807) is 14.0 Å². The number of ketones is 1. The maximum Gasteiger partial charge on any atom is 0.305 e. The van der Waals surface area contributed by atoms with Crippen LogP contribution >= 0.6 is 22.6 Å². The molecule has 0 bridgehead atoms. The number of hydrogen-bond acceptors (Lipinski definition) is 10. The molecule has 46 heavy (non-hydrogen) atoms. The highest BCUT2D eigenvalue weighted by Gasteiger charge is 2.33. The first-order valence-electron chi connectivity index (χ1n) is 17.5. The molecule has 280 valence electrons. The Morgan fingerprint density at radius 1 is 0.674 bits per heavy atom. The second kappa shape index (κ2) is 32.6. The smallest absolute Gasteiger partial charge is 0.305 e. The van der Waals surface area contributed by atoms with Crippen molar-refractivity contribution in [1.82, 2.24) is 0 Å². The molecule has 0 saturated heterocycles. The highest BCUT2D eigenvalue weighted by Crippen LogP contribution is 2.26. The molecule has 0 rings (SSSR count). The van der Waals surface area contributed by atoms with E-state index in [-0.39, 0.29) is 25.0 Å². The van der Waals surface area contributed by atoms with Gasteiger partial charge >= 0.3 is 5.97 Å². The highest BCUT2D eigenvalue weighted by molar-refractivity contribution is 14.1. The van der Waals surface area contributed by atoms with Gasteiger partial charge in [-0.3, -0.25) is 4.79 Å². The number of hydrogen-bond donors (Lipinski definition) is 4. The number of aliphatic hydroxyl groups is 2. The van der Waals surface area contributed by atoms with Crippen LogP contribution in [0, 0.1) is 0 Å². The predicted octanol–water partition coefficient (Wildman–Crippen LogP) is 6.67. The molecule has 0 aliphatic carbocycles. The molecule has 0 radical (unpaired) electrons. The van der Waals surface area contributed by atoms with E-state index < -0.39 is 33.3 Å². The van der Waals surface area contributed by atoms with Crippen LogP contribution in [-0.4, -0.2) is 107 Å². The monoisotopic (exact) mass is 843 g/mol. The molecule has 0 fully saturated rings. The normalized spacial score (nSPS) is 12.0. The van der Waals surface area contributed by atoms with Crippen molar-refractivity contribution in [3.8, 4) is 0 Å². The number of aliphatic hydroxyl groups excluding tert-OH is 2. The summed E-state index contributed by atoms with van der Waals surface area (Å²) in [4.78, 5) is 23.0. The molecule has 0 unspecified atom stereocenters. The first kappa shape index (κ1) is 50.8. The third-order valence-corrected chi connectivity index (χ3v) is 21.8.